The number of aliphatic hydroxyl groups is 1. The van der Waals surface area contributed by atoms with Crippen LogP contribution in [0.2, 0.25) is 0 Å². The summed E-state index contributed by atoms with van der Waals surface area (Å²) < 4.78 is 32.8. The van der Waals surface area contributed by atoms with Crippen LogP contribution in [0, 0.1) is 0 Å². The summed E-state index contributed by atoms with van der Waals surface area (Å²) in [5.41, 5.74) is 0. The molecule has 29 heavy (non-hydrogen) atoms. The first kappa shape index (κ1) is 28.9. The molecule has 0 aromatic heterocycles. The van der Waals surface area contributed by atoms with E-state index >= 15 is 0 Å². The molecule has 0 radical (unpaired) electrons. The SMILES string of the molecule is C=CCOPOC(CC(O)O[C@@H](C)COC)OCCC(CCCCCCC)OC. The molecule has 0 spiro atoms. The van der Waals surface area contributed by atoms with Crippen LogP contribution in [0.1, 0.15) is 65.2 Å². The van der Waals surface area contributed by atoms with E-state index in [4.69, 9.17) is 28.0 Å². The van der Waals surface area contributed by atoms with Crippen molar-refractivity contribution >= 4 is 9.03 Å². The van der Waals surface area contributed by atoms with Crippen molar-refractivity contribution in [3.8, 4) is 0 Å². The van der Waals surface area contributed by atoms with Crippen LogP contribution in [0.5, 0.6) is 0 Å². The zero-order chi connectivity index (χ0) is 21.7. The fourth-order valence-electron chi connectivity index (χ4n) is 2.78. The van der Waals surface area contributed by atoms with Crippen LogP contribution in [-0.4, -0.2) is 63.9 Å². The monoisotopic (exact) mass is 438 g/mol. The molecule has 0 aliphatic carbocycles. The van der Waals surface area contributed by atoms with Crippen molar-refractivity contribution < 1.29 is 33.1 Å². The molecule has 4 unspecified atom stereocenters. The summed E-state index contributed by atoms with van der Waals surface area (Å²) in [4.78, 5) is 0. The zero-order valence-corrected chi connectivity index (χ0v) is 19.8. The van der Waals surface area contributed by atoms with Crippen LogP contribution < -0.4 is 0 Å². The fourth-order valence-corrected chi connectivity index (χ4v) is 3.31. The summed E-state index contributed by atoms with van der Waals surface area (Å²) in [6.45, 7) is 8.94. The van der Waals surface area contributed by atoms with Gasteiger partial charge in [0.1, 0.15) is 0 Å². The Morgan fingerprint density at radius 1 is 1.10 bits per heavy atom. The third kappa shape index (κ3) is 18.4. The Balaban J connectivity index is 4.29. The number of hydrogen-bond acceptors (Lipinski definition) is 7. The maximum absolute atomic E-state index is 10.1. The van der Waals surface area contributed by atoms with E-state index in [9.17, 15) is 5.11 Å². The number of aliphatic hydroxyl groups excluding tert-OH is 1. The van der Waals surface area contributed by atoms with Gasteiger partial charge in [-0.1, -0.05) is 45.1 Å². The van der Waals surface area contributed by atoms with Gasteiger partial charge >= 0.3 is 0 Å². The van der Waals surface area contributed by atoms with Crippen molar-refractivity contribution in [2.45, 2.75) is 90.0 Å². The van der Waals surface area contributed by atoms with Crippen LogP contribution in [0.4, 0.5) is 0 Å². The average molecular weight is 439 g/mol. The third-order valence-corrected chi connectivity index (χ3v) is 4.97. The highest BCUT2D eigenvalue weighted by Crippen LogP contribution is 2.22. The summed E-state index contributed by atoms with van der Waals surface area (Å²) in [6.07, 6.45) is 8.19. The summed E-state index contributed by atoms with van der Waals surface area (Å²) in [5.74, 6) is 0. The minimum Gasteiger partial charge on any atom is -0.382 e. The molecule has 174 valence electrons. The molecule has 0 aromatic carbocycles. The first-order chi connectivity index (χ1) is 14.1. The lowest BCUT2D eigenvalue weighted by Crippen LogP contribution is -2.29. The molecule has 0 aliphatic rings. The van der Waals surface area contributed by atoms with E-state index in [2.05, 4.69) is 13.5 Å². The predicted molar refractivity (Wildman–Crippen MR) is 117 cm³/mol. The van der Waals surface area contributed by atoms with Crippen LogP contribution >= 0.6 is 9.03 Å². The predicted octanol–water partition coefficient (Wildman–Crippen LogP) is 4.58. The Hall–Kier alpha value is -0.110. The molecule has 0 bridgehead atoms. The molecule has 5 atom stereocenters. The molecule has 0 heterocycles. The van der Waals surface area contributed by atoms with Gasteiger partial charge in [-0.15, -0.1) is 6.58 Å². The first-order valence-corrected chi connectivity index (χ1v) is 11.5. The minimum atomic E-state index is -1.01. The molecule has 0 fully saturated rings. The zero-order valence-electron chi connectivity index (χ0n) is 18.8. The number of hydrogen-bond donors (Lipinski definition) is 1. The van der Waals surface area contributed by atoms with Gasteiger partial charge in [-0.25, -0.2) is 0 Å². The average Bonchev–Trinajstić information content (AvgIpc) is 2.69. The summed E-state index contributed by atoms with van der Waals surface area (Å²) >= 11 is 0. The maximum Gasteiger partial charge on any atom is 0.168 e. The van der Waals surface area contributed by atoms with Crippen molar-refractivity contribution in [1.82, 2.24) is 0 Å². The minimum absolute atomic E-state index is 0.166. The van der Waals surface area contributed by atoms with Gasteiger partial charge in [0.2, 0.25) is 0 Å². The van der Waals surface area contributed by atoms with E-state index in [1.54, 1.807) is 20.3 Å². The van der Waals surface area contributed by atoms with Gasteiger partial charge < -0.3 is 33.1 Å². The molecule has 1 N–H and O–H groups in total. The molecule has 8 heteroatoms. The highest BCUT2D eigenvalue weighted by Gasteiger charge is 2.19. The van der Waals surface area contributed by atoms with E-state index in [1.807, 2.05) is 6.92 Å². The smallest absolute Gasteiger partial charge is 0.168 e. The van der Waals surface area contributed by atoms with E-state index in [1.165, 1.54) is 32.1 Å². The van der Waals surface area contributed by atoms with Crippen LogP contribution in [0.25, 0.3) is 0 Å². The third-order valence-electron chi connectivity index (χ3n) is 4.33. The summed E-state index contributed by atoms with van der Waals surface area (Å²) in [7, 11) is 3.13. The number of ether oxygens (including phenoxy) is 4. The van der Waals surface area contributed by atoms with Crippen molar-refractivity contribution in [3.63, 3.8) is 0 Å². The highest BCUT2D eigenvalue weighted by molar-refractivity contribution is 7.26. The summed E-state index contributed by atoms with van der Waals surface area (Å²) in [5, 5.41) is 10.1. The molecule has 0 saturated heterocycles. The second-order valence-corrected chi connectivity index (χ2v) is 7.73. The van der Waals surface area contributed by atoms with Crippen LogP contribution in [0.15, 0.2) is 12.7 Å². The molecule has 0 amide bonds. The molecule has 0 aromatic rings. The number of rotatable bonds is 22. The Morgan fingerprint density at radius 3 is 2.52 bits per heavy atom. The largest absolute Gasteiger partial charge is 0.382 e. The van der Waals surface area contributed by atoms with Crippen LogP contribution in [-0.2, 0) is 28.0 Å². The normalized spacial score (nSPS) is 16.2. The van der Waals surface area contributed by atoms with Gasteiger partial charge in [0.25, 0.3) is 0 Å². The Bertz CT molecular complexity index is 360. The van der Waals surface area contributed by atoms with Crippen molar-refractivity contribution in [2.24, 2.45) is 0 Å². The molecule has 0 rings (SSSR count). The highest BCUT2D eigenvalue weighted by atomic mass is 31.1. The fraction of sp³-hybridized carbons (Fsp3) is 0.905. The Kier molecular flexibility index (Phi) is 21.1. The van der Waals surface area contributed by atoms with Crippen molar-refractivity contribution in [2.75, 3.05) is 34.0 Å². The van der Waals surface area contributed by atoms with E-state index in [0.717, 1.165) is 12.8 Å². The summed E-state index contributed by atoms with van der Waals surface area (Å²) in [6, 6.07) is 0. The molecule has 0 saturated carbocycles. The first-order valence-electron chi connectivity index (χ1n) is 10.7. The van der Waals surface area contributed by atoms with Crippen molar-refractivity contribution in [3.05, 3.63) is 12.7 Å². The molecule has 7 nitrogen and oxygen atoms in total. The number of methoxy groups -OCH3 is 2. The Labute approximate surface area is 179 Å². The second kappa shape index (κ2) is 21.1. The molecule has 0 aliphatic heterocycles. The van der Waals surface area contributed by atoms with E-state index < -0.39 is 12.6 Å². The quantitative estimate of drug-likeness (QED) is 0.115. The van der Waals surface area contributed by atoms with Crippen LogP contribution in [0.3, 0.4) is 0 Å². The maximum atomic E-state index is 10.1. The van der Waals surface area contributed by atoms with Gasteiger partial charge in [-0.3, -0.25) is 0 Å². The van der Waals surface area contributed by atoms with E-state index in [0.29, 0.717) is 19.8 Å². The van der Waals surface area contributed by atoms with Gasteiger partial charge in [0, 0.05) is 20.6 Å². The number of unbranched alkanes of at least 4 members (excludes halogenated alkanes) is 4. The van der Waals surface area contributed by atoms with Gasteiger partial charge in [0.05, 0.1) is 32.0 Å². The van der Waals surface area contributed by atoms with E-state index in [-0.39, 0.29) is 27.7 Å². The van der Waals surface area contributed by atoms with Crippen molar-refractivity contribution in [1.29, 1.82) is 0 Å². The lowest BCUT2D eigenvalue weighted by Gasteiger charge is -2.24. The van der Waals surface area contributed by atoms with Gasteiger partial charge in [-0.05, 0) is 19.8 Å². The Morgan fingerprint density at radius 2 is 1.86 bits per heavy atom. The second-order valence-electron chi connectivity index (χ2n) is 7.04. The topological polar surface area (TPSA) is 75.6 Å². The lowest BCUT2D eigenvalue weighted by atomic mass is 10.1. The molecular weight excluding hydrogens is 395 g/mol. The van der Waals surface area contributed by atoms with Gasteiger partial charge in [0.15, 0.2) is 21.6 Å². The lowest BCUT2D eigenvalue weighted by molar-refractivity contribution is -0.189. The standard InChI is InChI=1S/C21H43O7P/c1-6-8-9-10-11-12-19(24-5)13-15-25-21(28-29-26-14-7-2)16-20(22)27-18(3)17-23-4/h7,18-22,29H,2,6,8-17H2,1,3-5H3/t18-,19?,20?,21?/m0/s1. The van der Waals surface area contributed by atoms with Gasteiger partial charge in [-0.2, -0.15) is 0 Å². The molecular formula is C21H43O7P.